The van der Waals surface area contributed by atoms with Gasteiger partial charge in [-0.25, -0.2) is 0 Å². The van der Waals surface area contributed by atoms with Gasteiger partial charge >= 0.3 is 0 Å². The molecule has 2 N–H and O–H groups in total. The van der Waals surface area contributed by atoms with E-state index in [1.807, 2.05) is 36.4 Å². The summed E-state index contributed by atoms with van der Waals surface area (Å²) in [5, 5.41) is 5.79. The second-order valence-corrected chi connectivity index (χ2v) is 9.11. The lowest BCUT2D eigenvalue weighted by molar-refractivity contribution is 0.00489. The minimum absolute atomic E-state index is 0.272. The molecule has 4 aliphatic heterocycles. The van der Waals surface area contributed by atoms with Crippen molar-refractivity contribution >= 4 is 11.8 Å². The van der Waals surface area contributed by atoms with Crippen LogP contribution in [-0.2, 0) is 27.3 Å². The summed E-state index contributed by atoms with van der Waals surface area (Å²) in [4.78, 5) is 25.6. The van der Waals surface area contributed by atoms with E-state index >= 15 is 0 Å². The Labute approximate surface area is 239 Å². The van der Waals surface area contributed by atoms with Gasteiger partial charge in [-0.3, -0.25) is 9.59 Å². The van der Waals surface area contributed by atoms with E-state index < -0.39 is 0 Å². The molecule has 0 saturated heterocycles. The molecule has 2 amide bonds. The minimum Gasteiger partial charge on any atom is -0.493 e. The monoisotopic (exact) mass is 564 g/mol. The van der Waals surface area contributed by atoms with Gasteiger partial charge in [0.25, 0.3) is 11.8 Å². The molecule has 0 aromatic heterocycles. The first-order valence-electron chi connectivity index (χ1n) is 13.5. The van der Waals surface area contributed by atoms with Gasteiger partial charge in [-0.1, -0.05) is 24.3 Å². The topological polar surface area (TPSA) is 114 Å². The third kappa shape index (κ3) is 9.78. The SMILES string of the molecule is COc1cc2ccc1OCCOCCOCCOCCOc1ccc(cc1)CNC(=O)c1cccc(c1)C(=O)NC2. The van der Waals surface area contributed by atoms with Gasteiger partial charge in [0.1, 0.15) is 19.0 Å². The summed E-state index contributed by atoms with van der Waals surface area (Å²) in [6, 6.07) is 19.6. The van der Waals surface area contributed by atoms with E-state index in [0.717, 1.165) is 11.1 Å². The minimum atomic E-state index is -0.291. The molecule has 41 heavy (non-hydrogen) atoms. The summed E-state index contributed by atoms with van der Waals surface area (Å²) in [5.41, 5.74) is 2.54. The Bertz CT molecular complexity index is 1270. The van der Waals surface area contributed by atoms with Crippen LogP contribution in [0, 0.1) is 0 Å². The lowest BCUT2D eigenvalue weighted by atomic mass is 10.1. The Morgan fingerprint density at radius 3 is 1.76 bits per heavy atom. The van der Waals surface area contributed by atoms with Crippen LogP contribution in [0.3, 0.4) is 0 Å². The number of carbonyl (C=O) groups is 2. The molecule has 0 radical (unpaired) electrons. The molecular weight excluding hydrogens is 528 g/mol. The number of hydrogen-bond acceptors (Lipinski definition) is 8. The lowest BCUT2D eigenvalue weighted by Gasteiger charge is -2.13. The Hall–Kier alpha value is -4.12. The third-order valence-electron chi connectivity index (χ3n) is 6.17. The molecule has 6 bridgehead atoms. The van der Waals surface area contributed by atoms with Crippen molar-refractivity contribution in [1.29, 1.82) is 0 Å². The van der Waals surface area contributed by atoms with Crippen molar-refractivity contribution in [3.63, 3.8) is 0 Å². The molecule has 3 aromatic carbocycles. The Morgan fingerprint density at radius 1 is 0.610 bits per heavy atom. The summed E-state index contributed by atoms with van der Waals surface area (Å²) in [6.07, 6.45) is 0. The number of methoxy groups -OCH3 is 1. The van der Waals surface area contributed by atoms with Crippen molar-refractivity contribution in [2.24, 2.45) is 0 Å². The van der Waals surface area contributed by atoms with Gasteiger partial charge in [-0.2, -0.15) is 0 Å². The van der Waals surface area contributed by atoms with E-state index in [1.165, 1.54) is 0 Å². The maximum Gasteiger partial charge on any atom is 0.251 e. The molecule has 4 aliphatic rings. The van der Waals surface area contributed by atoms with Crippen LogP contribution in [0.15, 0.2) is 66.7 Å². The number of rotatable bonds is 1. The Balaban J connectivity index is 1.39. The zero-order valence-electron chi connectivity index (χ0n) is 23.2. The first-order valence-corrected chi connectivity index (χ1v) is 13.5. The fourth-order valence-electron chi connectivity index (χ4n) is 3.99. The summed E-state index contributed by atoms with van der Waals surface area (Å²) in [7, 11) is 1.56. The number of nitrogens with one attached hydrogen (secondary N) is 2. The van der Waals surface area contributed by atoms with Gasteiger partial charge in [0.2, 0.25) is 0 Å². The van der Waals surface area contributed by atoms with Gasteiger partial charge in [-0.05, 0) is 53.6 Å². The molecule has 0 spiro atoms. The van der Waals surface area contributed by atoms with E-state index in [1.54, 1.807) is 37.4 Å². The van der Waals surface area contributed by atoms with Gasteiger partial charge in [0.05, 0.1) is 46.8 Å². The molecule has 218 valence electrons. The highest BCUT2D eigenvalue weighted by Crippen LogP contribution is 2.28. The highest BCUT2D eigenvalue weighted by Gasteiger charge is 2.12. The van der Waals surface area contributed by atoms with Gasteiger partial charge in [0, 0.05) is 24.2 Å². The second kappa shape index (κ2) is 16.2. The molecule has 10 nitrogen and oxygen atoms in total. The van der Waals surface area contributed by atoms with E-state index in [4.69, 9.17) is 28.4 Å². The molecular formula is C31H36N2O8. The quantitative estimate of drug-likeness (QED) is 0.463. The van der Waals surface area contributed by atoms with E-state index in [0.29, 0.717) is 87.8 Å². The second-order valence-electron chi connectivity index (χ2n) is 9.11. The fourth-order valence-corrected chi connectivity index (χ4v) is 3.99. The molecule has 0 unspecified atom stereocenters. The molecule has 0 atom stereocenters. The average Bonchev–Trinajstić information content (AvgIpc) is 3.01. The van der Waals surface area contributed by atoms with E-state index in [-0.39, 0.29) is 18.4 Å². The van der Waals surface area contributed by atoms with Gasteiger partial charge in [0.15, 0.2) is 11.5 Å². The summed E-state index contributed by atoms with van der Waals surface area (Å²) >= 11 is 0. The summed E-state index contributed by atoms with van der Waals surface area (Å²) in [5.74, 6) is 1.29. The molecule has 3 aromatic rings. The Kier molecular flexibility index (Phi) is 11.8. The number of benzene rings is 3. The van der Waals surface area contributed by atoms with Crippen LogP contribution < -0.4 is 24.8 Å². The van der Waals surface area contributed by atoms with Crippen LogP contribution >= 0.6 is 0 Å². The number of hydrogen-bond donors (Lipinski definition) is 2. The zero-order valence-corrected chi connectivity index (χ0v) is 23.2. The van der Waals surface area contributed by atoms with Crippen LogP contribution in [0.1, 0.15) is 31.8 Å². The highest BCUT2D eigenvalue weighted by atomic mass is 16.6. The van der Waals surface area contributed by atoms with Crippen LogP contribution in [0.25, 0.3) is 0 Å². The molecule has 4 heterocycles. The van der Waals surface area contributed by atoms with Crippen LogP contribution in [0.2, 0.25) is 0 Å². The molecule has 10 heteroatoms. The van der Waals surface area contributed by atoms with Crippen LogP contribution in [0.5, 0.6) is 17.2 Å². The van der Waals surface area contributed by atoms with Crippen molar-refractivity contribution in [3.05, 3.63) is 89.0 Å². The standard InChI is InChI=1S/C31H36N2O8/c1-36-29-19-24-7-10-28(29)41-18-16-39-14-12-37-11-13-38-15-17-40-27-8-5-23(6-9-27)21-32-30(34)25-3-2-4-26(20-25)31(35)33-22-24/h2-10,19-20H,11-18,21-22H2,1H3,(H,32,34)(H,33,35). The maximum atomic E-state index is 12.8. The van der Waals surface area contributed by atoms with Gasteiger partial charge < -0.3 is 39.1 Å². The highest BCUT2D eigenvalue weighted by molar-refractivity contribution is 5.99. The van der Waals surface area contributed by atoms with Crippen molar-refractivity contribution in [2.45, 2.75) is 13.1 Å². The largest absolute Gasteiger partial charge is 0.493 e. The van der Waals surface area contributed by atoms with Crippen molar-refractivity contribution < 1.29 is 38.0 Å². The maximum absolute atomic E-state index is 12.8. The molecule has 7 rings (SSSR count). The predicted octanol–water partition coefficient (Wildman–Crippen LogP) is 3.38. The first kappa shape index (κ1) is 29.9. The Morgan fingerprint density at radius 2 is 1.15 bits per heavy atom. The molecule has 0 aliphatic carbocycles. The van der Waals surface area contributed by atoms with Crippen LogP contribution in [0.4, 0.5) is 0 Å². The summed E-state index contributed by atoms with van der Waals surface area (Å²) in [6.45, 7) is 4.06. The van der Waals surface area contributed by atoms with Crippen molar-refractivity contribution in [1.82, 2.24) is 10.6 Å². The molecule has 0 fully saturated rings. The lowest BCUT2D eigenvalue weighted by Crippen LogP contribution is -2.25. The number of amides is 2. The van der Waals surface area contributed by atoms with Crippen molar-refractivity contribution in [2.75, 3.05) is 60.0 Å². The zero-order chi connectivity index (χ0) is 28.7. The smallest absolute Gasteiger partial charge is 0.251 e. The first-order chi connectivity index (χ1) is 20.1. The third-order valence-corrected chi connectivity index (χ3v) is 6.17. The normalized spacial score (nSPS) is 16.5. The van der Waals surface area contributed by atoms with Gasteiger partial charge in [-0.15, -0.1) is 0 Å². The number of carbonyl (C=O) groups excluding carboxylic acids is 2. The van der Waals surface area contributed by atoms with Crippen molar-refractivity contribution in [3.8, 4) is 17.2 Å². The van der Waals surface area contributed by atoms with E-state index in [9.17, 15) is 9.59 Å². The average molecular weight is 565 g/mol. The predicted molar refractivity (Wildman–Crippen MR) is 152 cm³/mol. The van der Waals surface area contributed by atoms with Crippen LogP contribution in [-0.4, -0.2) is 71.8 Å². The van der Waals surface area contributed by atoms with E-state index in [2.05, 4.69) is 10.6 Å². The summed E-state index contributed by atoms with van der Waals surface area (Å²) < 4.78 is 33.6. The molecule has 0 saturated carbocycles. The number of ether oxygens (including phenoxy) is 6. The fraction of sp³-hybridized carbons (Fsp3) is 0.355.